The van der Waals surface area contributed by atoms with E-state index < -0.39 is 0 Å². The lowest BCUT2D eigenvalue weighted by molar-refractivity contribution is 0.519. The second-order valence-electron chi connectivity index (χ2n) is 1.92. The first-order valence-corrected chi connectivity index (χ1v) is 2.72. The lowest BCUT2D eigenvalue weighted by Crippen LogP contribution is -2.30. The van der Waals surface area contributed by atoms with Crippen molar-refractivity contribution in [2.45, 2.75) is 25.9 Å². The first-order valence-electron chi connectivity index (χ1n) is 2.72. The molecular formula is C5H12N2O. The highest BCUT2D eigenvalue weighted by Gasteiger charge is 2.07. The molecule has 1 unspecified atom stereocenters. The maximum atomic E-state index is 9.82. The number of nitrogens with zero attached hydrogens (tertiary/aromatic N) is 1. The Labute approximate surface area is 49.4 Å². The summed E-state index contributed by atoms with van der Waals surface area (Å²) in [5.41, 5.74) is 0. The highest BCUT2D eigenvalue weighted by atomic mass is 16.3. The van der Waals surface area contributed by atoms with Crippen molar-refractivity contribution in [3.63, 3.8) is 0 Å². The van der Waals surface area contributed by atoms with E-state index in [-0.39, 0.29) is 12.1 Å². The quantitative estimate of drug-likeness (QED) is 0.553. The zero-order chi connectivity index (χ0) is 6.57. The van der Waals surface area contributed by atoms with Crippen LogP contribution in [0.15, 0.2) is 5.18 Å². The molecule has 0 saturated carbocycles. The van der Waals surface area contributed by atoms with Gasteiger partial charge in [-0.15, -0.1) is 0 Å². The van der Waals surface area contributed by atoms with E-state index in [9.17, 15) is 4.91 Å². The number of hydrogen-bond acceptors (Lipinski definition) is 3. The van der Waals surface area contributed by atoms with Gasteiger partial charge in [-0.05, 0) is 20.9 Å². The summed E-state index contributed by atoms with van der Waals surface area (Å²) in [6.07, 6.45) is 0. The highest BCUT2D eigenvalue weighted by Crippen LogP contribution is 1.93. The molecule has 3 nitrogen and oxygen atoms in total. The fraction of sp³-hybridized carbons (Fsp3) is 1.00. The van der Waals surface area contributed by atoms with Gasteiger partial charge in [0.1, 0.15) is 6.04 Å². The molecule has 0 rings (SSSR count). The van der Waals surface area contributed by atoms with Crippen molar-refractivity contribution >= 4 is 0 Å². The van der Waals surface area contributed by atoms with Crippen LogP contribution in [-0.4, -0.2) is 19.1 Å². The molecule has 3 heteroatoms. The van der Waals surface area contributed by atoms with E-state index >= 15 is 0 Å². The van der Waals surface area contributed by atoms with Crippen molar-refractivity contribution in [3.05, 3.63) is 4.91 Å². The van der Waals surface area contributed by atoms with Gasteiger partial charge in [0, 0.05) is 6.04 Å². The van der Waals surface area contributed by atoms with Crippen molar-refractivity contribution in [2.24, 2.45) is 5.18 Å². The number of nitrogens with one attached hydrogen (secondary N) is 1. The number of likely N-dealkylation sites (N-methyl/N-ethyl adjacent to an activating group) is 1. The Bertz CT molecular complexity index is 74.8. The first kappa shape index (κ1) is 7.56. The van der Waals surface area contributed by atoms with Crippen LogP contribution >= 0.6 is 0 Å². The summed E-state index contributed by atoms with van der Waals surface area (Å²) in [6.45, 7) is 3.71. The third kappa shape index (κ3) is 2.02. The maximum absolute atomic E-state index is 9.82. The Hall–Kier alpha value is -0.440. The molecule has 0 aromatic carbocycles. The summed E-state index contributed by atoms with van der Waals surface area (Å²) < 4.78 is 0. The Balaban J connectivity index is 3.44. The van der Waals surface area contributed by atoms with E-state index in [4.69, 9.17) is 0 Å². The topological polar surface area (TPSA) is 41.5 Å². The van der Waals surface area contributed by atoms with Crippen LogP contribution in [0.3, 0.4) is 0 Å². The van der Waals surface area contributed by atoms with Gasteiger partial charge in [0.25, 0.3) is 0 Å². The Morgan fingerprint density at radius 3 is 2.12 bits per heavy atom. The van der Waals surface area contributed by atoms with Crippen LogP contribution in [0.25, 0.3) is 0 Å². The van der Waals surface area contributed by atoms with Crippen molar-refractivity contribution in [2.75, 3.05) is 7.05 Å². The second kappa shape index (κ2) is 3.55. The molecule has 0 saturated heterocycles. The summed E-state index contributed by atoms with van der Waals surface area (Å²) in [5.74, 6) is 0. The third-order valence-corrected chi connectivity index (χ3v) is 1.35. The predicted octanol–water partition coefficient (Wildman–Crippen LogP) is 0.749. The summed E-state index contributed by atoms with van der Waals surface area (Å²) >= 11 is 0. The highest BCUT2D eigenvalue weighted by molar-refractivity contribution is 4.70. The molecule has 2 atom stereocenters. The molecule has 0 fully saturated rings. The van der Waals surface area contributed by atoms with Gasteiger partial charge in [-0.25, -0.2) is 0 Å². The molecule has 48 valence electrons. The third-order valence-electron chi connectivity index (χ3n) is 1.35. The summed E-state index contributed by atoms with van der Waals surface area (Å²) in [5, 5.41) is 5.77. The predicted molar refractivity (Wildman–Crippen MR) is 33.8 cm³/mol. The van der Waals surface area contributed by atoms with E-state index in [2.05, 4.69) is 10.5 Å². The van der Waals surface area contributed by atoms with Gasteiger partial charge in [-0.3, -0.25) is 0 Å². The van der Waals surface area contributed by atoms with Gasteiger partial charge in [-0.2, -0.15) is 4.91 Å². The van der Waals surface area contributed by atoms with Crippen LogP contribution in [0.2, 0.25) is 0 Å². The van der Waals surface area contributed by atoms with Gasteiger partial charge in [0.2, 0.25) is 0 Å². The molecule has 0 spiro atoms. The molecule has 0 aromatic heterocycles. The van der Waals surface area contributed by atoms with Gasteiger partial charge in [0.15, 0.2) is 0 Å². The van der Waals surface area contributed by atoms with Crippen LogP contribution in [0, 0.1) is 4.91 Å². The molecular weight excluding hydrogens is 104 g/mol. The minimum absolute atomic E-state index is 0.125. The van der Waals surface area contributed by atoms with Crippen LogP contribution < -0.4 is 5.32 Å². The second-order valence-corrected chi connectivity index (χ2v) is 1.92. The Morgan fingerprint density at radius 2 is 2.00 bits per heavy atom. The smallest absolute Gasteiger partial charge is 0.104 e. The summed E-state index contributed by atoms with van der Waals surface area (Å²) in [7, 11) is 1.81. The van der Waals surface area contributed by atoms with Crippen molar-refractivity contribution in [1.82, 2.24) is 5.32 Å². The average molecular weight is 116 g/mol. The molecule has 0 aliphatic heterocycles. The largest absolute Gasteiger partial charge is 0.315 e. The minimum atomic E-state index is -0.125. The van der Waals surface area contributed by atoms with Crippen LogP contribution in [0.5, 0.6) is 0 Å². The summed E-state index contributed by atoms with van der Waals surface area (Å²) in [4.78, 5) is 9.82. The Kier molecular flexibility index (Phi) is 3.35. The molecule has 0 heterocycles. The lowest BCUT2D eigenvalue weighted by atomic mass is 10.2. The van der Waals surface area contributed by atoms with E-state index in [1.54, 1.807) is 6.92 Å². The molecule has 0 radical (unpaired) electrons. The standard InChI is InChI=1S/C5H12N2O/c1-4(6-3)5(2)7-8/h4-6H,1-3H3/t4?,5-/m1/s1. The van der Waals surface area contributed by atoms with Gasteiger partial charge in [-0.1, -0.05) is 5.18 Å². The monoisotopic (exact) mass is 116 g/mol. The first-order chi connectivity index (χ1) is 3.72. The van der Waals surface area contributed by atoms with Gasteiger partial charge < -0.3 is 5.32 Å². The SMILES string of the molecule is CNC(C)[C@@H](C)N=O. The number of rotatable bonds is 3. The van der Waals surface area contributed by atoms with Crippen LogP contribution in [-0.2, 0) is 0 Å². The number of hydrogen-bond donors (Lipinski definition) is 1. The molecule has 0 aliphatic rings. The zero-order valence-corrected chi connectivity index (χ0v) is 5.51. The van der Waals surface area contributed by atoms with E-state index in [1.807, 2.05) is 14.0 Å². The normalized spacial score (nSPS) is 17.4. The van der Waals surface area contributed by atoms with Crippen molar-refractivity contribution in [1.29, 1.82) is 0 Å². The lowest BCUT2D eigenvalue weighted by Gasteiger charge is -2.10. The zero-order valence-electron chi connectivity index (χ0n) is 5.51. The maximum Gasteiger partial charge on any atom is 0.104 e. The van der Waals surface area contributed by atoms with E-state index in [1.165, 1.54) is 0 Å². The summed E-state index contributed by atoms with van der Waals surface area (Å²) in [6, 6.07) is 0.0625. The number of nitroso groups, excluding NO2 is 1. The molecule has 0 amide bonds. The van der Waals surface area contributed by atoms with E-state index in [0.717, 1.165) is 0 Å². The van der Waals surface area contributed by atoms with E-state index in [0.29, 0.717) is 0 Å². The Morgan fingerprint density at radius 1 is 1.50 bits per heavy atom. The fourth-order valence-electron chi connectivity index (χ4n) is 0.332. The van der Waals surface area contributed by atoms with Crippen LogP contribution in [0.1, 0.15) is 13.8 Å². The molecule has 8 heavy (non-hydrogen) atoms. The van der Waals surface area contributed by atoms with Crippen molar-refractivity contribution < 1.29 is 0 Å². The van der Waals surface area contributed by atoms with Crippen molar-refractivity contribution in [3.8, 4) is 0 Å². The fourth-order valence-corrected chi connectivity index (χ4v) is 0.332. The van der Waals surface area contributed by atoms with Crippen LogP contribution in [0.4, 0.5) is 0 Å². The molecule has 0 aromatic rings. The molecule has 0 bridgehead atoms. The minimum Gasteiger partial charge on any atom is -0.315 e. The van der Waals surface area contributed by atoms with Gasteiger partial charge in [0.05, 0.1) is 0 Å². The van der Waals surface area contributed by atoms with Gasteiger partial charge >= 0.3 is 0 Å². The average Bonchev–Trinajstić information content (AvgIpc) is 1.84. The molecule has 0 aliphatic carbocycles. The molecule has 1 N–H and O–H groups in total.